The highest BCUT2D eigenvalue weighted by Gasteiger charge is 2.23. The summed E-state index contributed by atoms with van der Waals surface area (Å²) in [5, 5.41) is 8.04. The molecule has 0 bridgehead atoms. The second-order valence-corrected chi connectivity index (χ2v) is 1.97. The van der Waals surface area contributed by atoms with Crippen LogP contribution in [-0.2, 0) is 14.3 Å². The van der Waals surface area contributed by atoms with Gasteiger partial charge in [0.2, 0.25) is 0 Å². The fourth-order valence-corrected chi connectivity index (χ4v) is 0.466. The molecule has 10 heavy (non-hydrogen) atoms. The Morgan fingerprint density at radius 3 is 3.10 bits per heavy atom. The van der Waals surface area contributed by atoms with Crippen molar-refractivity contribution < 1.29 is 14.3 Å². The van der Waals surface area contributed by atoms with E-state index >= 15 is 0 Å². The molecule has 0 amide bonds. The number of ether oxygens (including phenoxy) is 2. The number of epoxide rings is 1. The van der Waals surface area contributed by atoms with Crippen molar-refractivity contribution in [2.24, 2.45) is 0 Å². The third-order valence-corrected chi connectivity index (χ3v) is 1.06. The lowest BCUT2D eigenvalue weighted by Gasteiger charge is -1.96. The van der Waals surface area contributed by atoms with Gasteiger partial charge in [0, 0.05) is 0 Å². The SMILES string of the molecule is N#CCC(=O)OC[C@H]1CO1. The van der Waals surface area contributed by atoms with E-state index in [2.05, 4.69) is 4.74 Å². The van der Waals surface area contributed by atoms with Crippen LogP contribution < -0.4 is 0 Å². The monoisotopic (exact) mass is 141 g/mol. The standard InChI is InChI=1S/C6H7NO3/c7-2-1-6(8)10-4-5-3-9-5/h5H,1,3-4H2/t5-/m1/s1. The summed E-state index contributed by atoms with van der Waals surface area (Å²) in [6, 6.07) is 1.70. The first-order valence-electron chi connectivity index (χ1n) is 2.97. The molecule has 1 aliphatic rings. The van der Waals surface area contributed by atoms with Crippen LogP contribution in [-0.4, -0.2) is 25.3 Å². The maximum Gasteiger partial charge on any atom is 0.320 e. The van der Waals surface area contributed by atoms with Crippen LogP contribution in [0.5, 0.6) is 0 Å². The van der Waals surface area contributed by atoms with Crippen LogP contribution >= 0.6 is 0 Å². The summed E-state index contributed by atoms with van der Waals surface area (Å²) in [6.07, 6.45) is -0.0881. The second kappa shape index (κ2) is 3.18. The minimum absolute atomic E-state index is 0.0858. The third-order valence-electron chi connectivity index (χ3n) is 1.06. The van der Waals surface area contributed by atoms with Crippen molar-refractivity contribution in [3.05, 3.63) is 0 Å². The van der Waals surface area contributed by atoms with E-state index in [1.807, 2.05) is 0 Å². The average molecular weight is 141 g/mol. The van der Waals surface area contributed by atoms with E-state index in [-0.39, 0.29) is 12.5 Å². The van der Waals surface area contributed by atoms with Crippen molar-refractivity contribution >= 4 is 5.97 Å². The van der Waals surface area contributed by atoms with Crippen molar-refractivity contribution in [2.45, 2.75) is 12.5 Å². The Morgan fingerprint density at radius 1 is 1.90 bits per heavy atom. The summed E-state index contributed by atoms with van der Waals surface area (Å²) in [6.45, 7) is 0.959. The summed E-state index contributed by atoms with van der Waals surface area (Å²) in [4.78, 5) is 10.5. The summed E-state index contributed by atoms with van der Waals surface area (Å²) >= 11 is 0. The van der Waals surface area contributed by atoms with E-state index in [0.29, 0.717) is 13.2 Å². The highest BCUT2D eigenvalue weighted by atomic mass is 16.6. The molecular formula is C6H7NO3. The molecule has 1 aliphatic heterocycles. The van der Waals surface area contributed by atoms with Crippen molar-refractivity contribution in [1.29, 1.82) is 5.26 Å². The maximum absolute atomic E-state index is 10.5. The number of esters is 1. The van der Waals surface area contributed by atoms with Crippen LogP contribution in [0.3, 0.4) is 0 Å². The first-order chi connectivity index (χ1) is 4.83. The van der Waals surface area contributed by atoms with Gasteiger partial charge in [-0.05, 0) is 0 Å². The highest BCUT2D eigenvalue weighted by molar-refractivity contribution is 5.71. The number of hydrogen-bond acceptors (Lipinski definition) is 4. The van der Waals surface area contributed by atoms with Crippen molar-refractivity contribution in [1.82, 2.24) is 0 Å². The Kier molecular flexibility index (Phi) is 2.24. The second-order valence-electron chi connectivity index (χ2n) is 1.97. The first kappa shape index (κ1) is 7.03. The molecule has 0 aromatic rings. The van der Waals surface area contributed by atoms with Gasteiger partial charge in [0.05, 0.1) is 12.7 Å². The van der Waals surface area contributed by atoms with Crippen LogP contribution in [0, 0.1) is 11.3 Å². The zero-order chi connectivity index (χ0) is 7.40. The summed E-state index contributed by atoms with van der Waals surface area (Å²) < 4.78 is 9.40. The Labute approximate surface area is 58.3 Å². The first-order valence-corrected chi connectivity index (χ1v) is 2.97. The Morgan fingerprint density at radius 2 is 2.60 bits per heavy atom. The van der Waals surface area contributed by atoms with E-state index in [9.17, 15) is 4.79 Å². The van der Waals surface area contributed by atoms with Gasteiger partial charge >= 0.3 is 5.97 Å². The summed E-state index contributed by atoms with van der Waals surface area (Å²) in [5.74, 6) is -0.474. The molecule has 4 nitrogen and oxygen atoms in total. The van der Waals surface area contributed by atoms with E-state index in [1.54, 1.807) is 6.07 Å². The molecule has 0 aromatic heterocycles. The van der Waals surface area contributed by atoms with E-state index in [1.165, 1.54) is 0 Å². The van der Waals surface area contributed by atoms with Crippen molar-refractivity contribution in [3.8, 4) is 6.07 Å². The molecule has 1 rings (SSSR count). The molecule has 1 heterocycles. The average Bonchev–Trinajstić information content (AvgIpc) is 2.67. The number of carbonyl (C=O) groups is 1. The predicted molar refractivity (Wildman–Crippen MR) is 30.9 cm³/mol. The van der Waals surface area contributed by atoms with Gasteiger partial charge in [-0.25, -0.2) is 0 Å². The lowest BCUT2D eigenvalue weighted by atomic mass is 10.5. The molecule has 4 heteroatoms. The quantitative estimate of drug-likeness (QED) is 0.404. The van der Waals surface area contributed by atoms with Crippen LogP contribution in [0.2, 0.25) is 0 Å². The topological polar surface area (TPSA) is 62.6 Å². The maximum atomic E-state index is 10.5. The summed E-state index contributed by atoms with van der Waals surface area (Å²) in [7, 11) is 0. The molecule has 54 valence electrons. The van der Waals surface area contributed by atoms with Crippen LogP contribution in [0.15, 0.2) is 0 Å². The minimum atomic E-state index is -0.474. The largest absolute Gasteiger partial charge is 0.462 e. The molecule has 0 radical (unpaired) electrons. The third kappa shape index (κ3) is 2.46. The molecular weight excluding hydrogens is 134 g/mol. The van der Waals surface area contributed by atoms with Gasteiger partial charge in [-0.3, -0.25) is 4.79 Å². The van der Waals surface area contributed by atoms with Gasteiger partial charge in [0.25, 0.3) is 0 Å². The number of nitrogens with zero attached hydrogens (tertiary/aromatic N) is 1. The van der Waals surface area contributed by atoms with Crippen LogP contribution in [0.1, 0.15) is 6.42 Å². The van der Waals surface area contributed by atoms with E-state index in [0.717, 1.165) is 0 Å². The van der Waals surface area contributed by atoms with E-state index < -0.39 is 5.97 Å². The Hall–Kier alpha value is -1.08. The molecule has 0 N–H and O–H groups in total. The molecule has 0 saturated carbocycles. The number of rotatable bonds is 3. The number of carbonyl (C=O) groups excluding carboxylic acids is 1. The fraction of sp³-hybridized carbons (Fsp3) is 0.667. The molecule has 1 atom stereocenters. The smallest absolute Gasteiger partial charge is 0.320 e. The normalized spacial score (nSPS) is 21.3. The van der Waals surface area contributed by atoms with Gasteiger partial charge in [-0.15, -0.1) is 0 Å². The molecule has 1 saturated heterocycles. The molecule has 0 aromatic carbocycles. The lowest BCUT2D eigenvalue weighted by molar-refractivity contribution is -0.142. The number of hydrogen-bond donors (Lipinski definition) is 0. The van der Waals surface area contributed by atoms with Gasteiger partial charge in [-0.1, -0.05) is 0 Å². The van der Waals surface area contributed by atoms with Crippen molar-refractivity contribution in [2.75, 3.05) is 13.2 Å². The van der Waals surface area contributed by atoms with Gasteiger partial charge in [0.1, 0.15) is 19.1 Å². The Balaban J connectivity index is 2.01. The van der Waals surface area contributed by atoms with Gasteiger partial charge < -0.3 is 9.47 Å². The van der Waals surface area contributed by atoms with Gasteiger partial charge in [-0.2, -0.15) is 5.26 Å². The highest BCUT2D eigenvalue weighted by Crippen LogP contribution is 2.08. The van der Waals surface area contributed by atoms with Crippen LogP contribution in [0.4, 0.5) is 0 Å². The van der Waals surface area contributed by atoms with Crippen molar-refractivity contribution in [3.63, 3.8) is 0 Å². The molecule has 0 aliphatic carbocycles. The van der Waals surface area contributed by atoms with Crippen LogP contribution in [0.25, 0.3) is 0 Å². The Bertz CT molecular complexity index is 168. The summed E-state index contributed by atoms with van der Waals surface area (Å²) in [5.41, 5.74) is 0. The molecule has 0 unspecified atom stereocenters. The zero-order valence-corrected chi connectivity index (χ0v) is 5.37. The zero-order valence-electron chi connectivity index (χ0n) is 5.37. The minimum Gasteiger partial charge on any atom is -0.462 e. The van der Waals surface area contributed by atoms with E-state index in [4.69, 9.17) is 10.00 Å². The predicted octanol–water partition coefficient (Wildman–Crippen LogP) is -0.158. The number of nitriles is 1. The molecule has 1 fully saturated rings. The molecule has 0 spiro atoms. The van der Waals surface area contributed by atoms with Gasteiger partial charge in [0.15, 0.2) is 0 Å². The fourth-order valence-electron chi connectivity index (χ4n) is 0.466. The lowest BCUT2D eigenvalue weighted by Crippen LogP contribution is -2.08.